The third-order valence-corrected chi connectivity index (χ3v) is 5.66. The number of halogens is 3. The number of aromatic nitrogens is 1. The SMILES string of the molecule is Cc1noc(C)c1C(O)C/C(=C\NC(=S)NC(=O)c1ccccc1)c1cc(Br)c(F)cc1F. The van der Waals surface area contributed by atoms with Gasteiger partial charge in [-0.1, -0.05) is 23.4 Å². The van der Waals surface area contributed by atoms with Crippen molar-refractivity contribution in [3.63, 3.8) is 0 Å². The number of aliphatic hydroxyl groups is 1. The number of carbonyl (C=O) groups excluding carboxylic acids is 1. The summed E-state index contributed by atoms with van der Waals surface area (Å²) in [5, 5.41) is 19.8. The Labute approximate surface area is 202 Å². The third kappa shape index (κ3) is 6.10. The van der Waals surface area contributed by atoms with Gasteiger partial charge in [-0.3, -0.25) is 10.1 Å². The van der Waals surface area contributed by atoms with Crippen LogP contribution in [0.3, 0.4) is 0 Å². The van der Waals surface area contributed by atoms with Crippen molar-refractivity contribution in [3.05, 3.63) is 92.9 Å². The number of amides is 1. The molecule has 3 rings (SSSR count). The van der Waals surface area contributed by atoms with Gasteiger partial charge in [0.15, 0.2) is 5.11 Å². The summed E-state index contributed by atoms with van der Waals surface area (Å²) in [5.74, 6) is -1.58. The van der Waals surface area contributed by atoms with Crippen LogP contribution in [0.25, 0.3) is 5.57 Å². The molecule has 172 valence electrons. The van der Waals surface area contributed by atoms with Crippen molar-refractivity contribution in [3.8, 4) is 0 Å². The van der Waals surface area contributed by atoms with Gasteiger partial charge in [0, 0.05) is 35.4 Å². The molecule has 0 saturated heterocycles. The van der Waals surface area contributed by atoms with E-state index in [-0.39, 0.29) is 27.1 Å². The highest BCUT2D eigenvalue weighted by atomic mass is 79.9. The zero-order chi connectivity index (χ0) is 24.1. The summed E-state index contributed by atoms with van der Waals surface area (Å²) < 4.78 is 33.6. The molecule has 3 aromatic rings. The van der Waals surface area contributed by atoms with Gasteiger partial charge < -0.3 is 14.9 Å². The van der Waals surface area contributed by atoms with Gasteiger partial charge in [0.1, 0.15) is 17.4 Å². The molecule has 1 unspecified atom stereocenters. The van der Waals surface area contributed by atoms with Crippen LogP contribution in [-0.4, -0.2) is 21.3 Å². The van der Waals surface area contributed by atoms with E-state index in [0.29, 0.717) is 22.6 Å². The Hall–Kier alpha value is -2.95. The van der Waals surface area contributed by atoms with Crippen molar-refractivity contribution in [1.29, 1.82) is 0 Å². The van der Waals surface area contributed by atoms with E-state index in [1.54, 1.807) is 44.2 Å². The maximum atomic E-state index is 14.6. The Bertz CT molecular complexity index is 1200. The molecule has 3 N–H and O–H groups in total. The number of carbonyl (C=O) groups is 1. The first-order chi connectivity index (χ1) is 15.7. The second kappa shape index (κ2) is 10.8. The van der Waals surface area contributed by atoms with Gasteiger partial charge in [0.05, 0.1) is 16.3 Å². The number of hydrogen-bond acceptors (Lipinski definition) is 5. The lowest BCUT2D eigenvalue weighted by Gasteiger charge is -2.16. The second-order valence-corrected chi connectivity index (χ2v) is 8.43. The monoisotopic (exact) mass is 535 g/mol. The molecule has 0 aliphatic heterocycles. The highest BCUT2D eigenvalue weighted by Crippen LogP contribution is 2.33. The van der Waals surface area contributed by atoms with Gasteiger partial charge in [0.2, 0.25) is 0 Å². The first kappa shape index (κ1) is 24.7. The lowest BCUT2D eigenvalue weighted by atomic mass is 9.95. The van der Waals surface area contributed by atoms with E-state index in [2.05, 4.69) is 31.7 Å². The van der Waals surface area contributed by atoms with Gasteiger partial charge in [0.25, 0.3) is 5.91 Å². The molecule has 0 aliphatic rings. The molecule has 33 heavy (non-hydrogen) atoms. The van der Waals surface area contributed by atoms with Crippen LogP contribution in [0.1, 0.15) is 45.5 Å². The van der Waals surface area contributed by atoms with E-state index < -0.39 is 23.6 Å². The van der Waals surface area contributed by atoms with Crippen LogP contribution in [0, 0.1) is 25.5 Å². The van der Waals surface area contributed by atoms with Crippen molar-refractivity contribution in [2.75, 3.05) is 0 Å². The number of benzene rings is 2. The van der Waals surface area contributed by atoms with E-state index >= 15 is 0 Å². The fourth-order valence-electron chi connectivity index (χ4n) is 3.24. The summed E-state index contributed by atoms with van der Waals surface area (Å²) in [5.41, 5.74) is 1.70. The minimum Gasteiger partial charge on any atom is -0.388 e. The Morgan fingerprint density at radius 3 is 2.58 bits per heavy atom. The highest BCUT2D eigenvalue weighted by Gasteiger charge is 2.22. The highest BCUT2D eigenvalue weighted by molar-refractivity contribution is 9.10. The molecule has 6 nitrogen and oxygen atoms in total. The minimum absolute atomic E-state index is 0.0326. The molecule has 0 spiro atoms. The van der Waals surface area contributed by atoms with Crippen LogP contribution in [0.4, 0.5) is 8.78 Å². The third-order valence-electron chi connectivity index (χ3n) is 4.83. The predicted molar refractivity (Wildman–Crippen MR) is 127 cm³/mol. The molecule has 1 atom stereocenters. The summed E-state index contributed by atoms with van der Waals surface area (Å²) in [6, 6.07) is 10.5. The minimum atomic E-state index is -1.08. The summed E-state index contributed by atoms with van der Waals surface area (Å²) in [6.45, 7) is 3.34. The average Bonchev–Trinajstić information content (AvgIpc) is 3.12. The van der Waals surface area contributed by atoms with E-state index in [1.807, 2.05) is 0 Å². The Kier molecular flexibility index (Phi) is 8.06. The molecule has 2 aromatic carbocycles. The topological polar surface area (TPSA) is 87.4 Å². The molecule has 0 bridgehead atoms. The van der Waals surface area contributed by atoms with Crippen LogP contribution >= 0.6 is 28.1 Å². The van der Waals surface area contributed by atoms with Crippen LogP contribution in [-0.2, 0) is 0 Å². The van der Waals surface area contributed by atoms with Crippen LogP contribution in [0.5, 0.6) is 0 Å². The van der Waals surface area contributed by atoms with E-state index in [4.69, 9.17) is 16.7 Å². The molecule has 0 fully saturated rings. The van der Waals surface area contributed by atoms with Gasteiger partial charge in [-0.15, -0.1) is 0 Å². The zero-order valence-electron chi connectivity index (χ0n) is 17.7. The molecule has 1 aromatic heterocycles. The summed E-state index contributed by atoms with van der Waals surface area (Å²) >= 11 is 8.23. The Morgan fingerprint density at radius 2 is 1.94 bits per heavy atom. The molecular weight excluding hydrogens is 516 g/mol. The van der Waals surface area contributed by atoms with Crippen molar-refractivity contribution in [1.82, 2.24) is 15.8 Å². The molecule has 0 aliphatic carbocycles. The molecule has 10 heteroatoms. The Morgan fingerprint density at radius 1 is 1.24 bits per heavy atom. The number of nitrogens with zero attached hydrogens (tertiary/aromatic N) is 1. The number of rotatable bonds is 6. The normalized spacial score (nSPS) is 12.4. The number of aryl methyl sites for hydroxylation is 2. The van der Waals surface area contributed by atoms with Gasteiger partial charge in [-0.25, -0.2) is 8.78 Å². The van der Waals surface area contributed by atoms with Crippen molar-refractivity contribution in [2.45, 2.75) is 26.4 Å². The molecular formula is C23H20BrF2N3O3S. The van der Waals surface area contributed by atoms with E-state index in [0.717, 1.165) is 6.07 Å². The fraction of sp³-hybridized carbons (Fsp3) is 0.174. The van der Waals surface area contributed by atoms with Crippen LogP contribution in [0.2, 0.25) is 0 Å². The summed E-state index contributed by atoms with van der Waals surface area (Å²) in [6.07, 6.45) is 0.206. The summed E-state index contributed by atoms with van der Waals surface area (Å²) in [4.78, 5) is 12.3. The lowest BCUT2D eigenvalue weighted by Crippen LogP contribution is -2.36. The quantitative estimate of drug-likeness (QED) is 0.300. The van der Waals surface area contributed by atoms with E-state index in [1.165, 1.54) is 12.3 Å². The molecule has 1 heterocycles. The van der Waals surface area contributed by atoms with Gasteiger partial charge in [-0.05, 0) is 65.8 Å². The van der Waals surface area contributed by atoms with Crippen molar-refractivity contribution >= 4 is 44.7 Å². The molecule has 0 radical (unpaired) electrons. The lowest BCUT2D eigenvalue weighted by molar-refractivity contribution is 0.0977. The maximum Gasteiger partial charge on any atom is 0.257 e. The van der Waals surface area contributed by atoms with E-state index in [9.17, 15) is 18.7 Å². The van der Waals surface area contributed by atoms with Crippen LogP contribution < -0.4 is 10.6 Å². The fourth-order valence-corrected chi connectivity index (χ4v) is 3.74. The Balaban J connectivity index is 1.86. The second-order valence-electron chi connectivity index (χ2n) is 7.17. The number of thiocarbonyl (C=S) groups is 1. The maximum absolute atomic E-state index is 14.6. The number of aliphatic hydroxyl groups excluding tert-OH is 1. The molecule has 1 amide bonds. The average molecular weight is 536 g/mol. The van der Waals surface area contributed by atoms with Crippen LogP contribution in [0.15, 0.2) is 57.7 Å². The van der Waals surface area contributed by atoms with Gasteiger partial charge >= 0.3 is 0 Å². The first-order valence-corrected chi connectivity index (χ1v) is 11.0. The van der Waals surface area contributed by atoms with Crippen molar-refractivity contribution < 1.29 is 23.2 Å². The molecule has 0 saturated carbocycles. The number of nitrogens with one attached hydrogen (secondary N) is 2. The van der Waals surface area contributed by atoms with Crippen molar-refractivity contribution in [2.24, 2.45) is 0 Å². The summed E-state index contributed by atoms with van der Waals surface area (Å²) in [7, 11) is 0. The van der Waals surface area contributed by atoms with Gasteiger partial charge in [-0.2, -0.15) is 0 Å². The standard InChI is InChI=1S/C23H20BrF2N3O3S/c1-12-21(13(2)32-29-12)20(30)8-15(16-9-17(24)19(26)10-18(16)25)11-27-23(33)28-22(31)14-6-4-3-5-7-14/h3-7,9-11,20,30H,8H2,1-2H3,(H2,27,28,31,33)/b15-11+. The first-order valence-electron chi connectivity index (χ1n) is 9.79. The number of hydrogen-bond donors (Lipinski definition) is 3. The smallest absolute Gasteiger partial charge is 0.257 e. The predicted octanol–water partition coefficient (Wildman–Crippen LogP) is 5.10. The largest absolute Gasteiger partial charge is 0.388 e. The zero-order valence-corrected chi connectivity index (χ0v) is 20.1.